The summed E-state index contributed by atoms with van der Waals surface area (Å²) in [5.41, 5.74) is 2.51. The van der Waals surface area contributed by atoms with E-state index in [4.69, 9.17) is 15.9 Å². The van der Waals surface area contributed by atoms with Gasteiger partial charge in [-0.3, -0.25) is 5.73 Å². The first-order valence-corrected chi connectivity index (χ1v) is 4.40. The van der Waals surface area contributed by atoms with Crippen LogP contribution >= 0.6 is 0 Å². The number of nitrogens with two attached hydrogens (primary N) is 1. The molecule has 0 aliphatic rings. The fourth-order valence-corrected chi connectivity index (χ4v) is 0.920. The minimum Gasteiger partial charge on any atom is -0.478 e. The molecule has 0 aliphatic heterocycles. The van der Waals surface area contributed by atoms with Crippen LogP contribution in [0.25, 0.3) is 0 Å². The predicted molar refractivity (Wildman–Crippen MR) is 53.0 cm³/mol. The molecule has 0 amide bonds. The van der Waals surface area contributed by atoms with E-state index < -0.39 is 17.7 Å². The van der Waals surface area contributed by atoms with Gasteiger partial charge in [0, 0.05) is 0 Å². The van der Waals surface area contributed by atoms with Crippen LogP contribution in [0, 0.1) is 0 Å². The van der Waals surface area contributed by atoms with Crippen LogP contribution in [0.2, 0.25) is 0 Å². The van der Waals surface area contributed by atoms with Crippen LogP contribution in [-0.2, 0) is 20.9 Å². The highest BCUT2D eigenvalue weighted by atomic mass is 16.6. The smallest absolute Gasteiger partial charge is 0.366 e. The number of carboxylic acids is 1. The first-order valence-electron chi connectivity index (χ1n) is 4.40. The van der Waals surface area contributed by atoms with Crippen molar-refractivity contribution in [1.29, 1.82) is 0 Å². The van der Waals surface area contributed by atoms with Crippen molar-refractivity contribution in [3.05, 3.63) is 35.9 Å². The summed E-state index contributed by atoms with van der Waals surface area (Å²) in [6.07, 6.45) is 0. The normalized spacial score (nSPS) is 13.9. The Hall–Kier alpha value is -1.92. The van der Waals surface area contributed by atoms with Crippen molar-refractivity contribution in [2.24, 2.45) is 5.73 Å². The van der Waals surface area contributed by atoms with Gasteiger partial charge in [-0.1, -0.05) is 30.3 Å². The van der Waals surface area contributed by atoms with Gasteiger partial charge in [0.15, 0.2) is 0 Å². The van der Waals surface area contributed by atoms with Gasteiger partial charge < -0.3 is 14.9 Å². The first-order chi connectivity index (χ1) is 7.44. The van der Waals surface area contributed by atoms with E-state index in [1.165, 1.54) is 0 Å². The molecule has 6 nitrogen and oxygen atoms in total. The lowest BCUT2D eigenvalue weighted by atomic mass is 10.2. The molecule has 0 saturated carbocycles. The quantitative estimate of drug-likeness (QED) is 0.360. The Labute approximate surface area is 91.3 Å². The highest BCUT2D eigenvalue weighted by Gasteiger charge is 2.42. The average molecular weight is 225 g/mol. The standard InChI is InChI=1S/C10H11NO5/c11-10(15,8(12)13)9(14)16-6-7-4-2-1-3-5-7/h1-5,15H,6,11H2,(H,12,13). The van der Waals surface area contributed by atoms with E-state index in [1.807, 2.05) is 0 Å². The van der Waals surface area contributed by atoms with Gasteiger partial charge in [-0.25, -0.2) is 9.59 Å². The molecule has 0 spiro atoms. The van der Waals surface area contributed by atoms with Gasteiger partial charge in [-0.05, 0) is 5.56 Å². The molecule has 1 unspecified atom stereocenters. The van der Waals surface area contributed by atoms with Crippen LogP contribution in [0.5, 0.6) is 0 Å². The third-order valence-electron chi connectivity index (χ3n) is 1.85. The number of rotatable bonds is 4. The summed E-state index contributed by atoms with van der Waals surface area (Å²) in [7, 11) is 0. The molecular weight excluding hydrogens is 214 g/mol. The van der Waals surface area contributed by atoms with Gasteiger partial charge in [0.1, 0.15) is 6.61 Å². The molecule has 0 radical (unpaired) electrons. The van der Waals surface area contributed by atoms with Crippen LogP contribution in [-0.4, -0.2) is 27.9 Å². The molecule has 0 heterocycles. The number of esters is 1. The molecule has 86 valence electrons. The van der Waals surface area contributed by atoms with E-state index in [9.17, 15) is 9.59 Å². The third kappa shape index (κ3) is 2.78. The number of aliphatic carboxylic acids is 1. The zero-order valence-electron chi connectivity index (χ0n) is 8.29. The lowest BCUT2D eigenvalue weighted by molar-refractivity contribution is -0.180. The summed E-state index contributed by atoms with van der Waals surface area (Å²) in [6, 6.07) is 8.61. The fourth-order valence-electron chi connectivity index (χ4n) is 0.920. The maximum atomic E-state index is 11.1. The molecule has 0 saturated heterocycles. The van der Waals surface area contributed by atoms with Crippen molar-refractivity contribution in [3.8, 4) is 0 Å². The van der Waals surface area contributed by atoms with Crippen molar-refractivity contribution < 1.29 is 24.5 Å². The number of aliphatic hydroxyl groups is 1. The molecule has 0 aliphatic carbocycles. The summed E-state index contributed by atoms with van der Waals surface area (Å²) >= 11 is 0. The highest BCUT2D eigenvalue weighted by molar-refractivity contribution is 6.01. The second-order valence-electron chi connectivity index (χ2n) is 3.13. The second-order valence-corrected chi connectivity index (χ2v) is 3.13. The summed E-state index contributed by atoms with van der Waals surface area (Å²) in [4.78, 5) is 21.5. The van der Waals surface area contributed by atoms with Gasteiger partial charge in [0.05, 0.1) is 0 Å². The Morgan fingerprint density at radius 1 is 1.31 bits per heavy atom. The fraction of sp³-hybridized carbons (Fsp3) is 0.200. The van der Waals surface area contributed by atoms with Crippen molar-refractivity contribution in [1.82, 2.24) is 0 Å². The molecule has 4 N–H and O–H groups in total. The second kappa shape index (κ2) is 4.73. The third-order valence-corrected chi connectivity index (χ3v) is 1.85. The Bertz CT molecular complexity index is 387. The average Bonchev–Trinajstić information content (AvgIpc) is 2.27. The topological polar surface area (TPSA) is 110 Å². The van der Waals surface area contributed by atoms with Crippen LogP contribution < -0.4 is 5.73 Å². The van der Waals surface area contributed by atoms with E-state index in [-0.39, 0.29) is 6.61 Å². The molecule has 0 aromatic heterocycles. The van der Waals surface area contributed by atoms with Gasteiger partial charge in [-0.2, -0.15) is 0 Å². The van der Waals surface area contributed by atoms with Crippen LogP contribution in [0.3, 0.4) is 0 Å². The number of hydrogen-bond acceptors (Lipinski definition) is 5. The van der Waals surface area contributed by atoms with Crippen LogP contribution in [0.1, 0.15) is 5.56 Å². The van der Waals surface area contributed by atoms with Gasteiger partial charge in [-0.15, -0.1) is 0 Å². The first kappa shape index (κ1) is 12.2. The van der Waals surface area contributed by atoms with E-state index in [0.29, 0.717) is 5.56 Å². The van der Waals surface area contributed by atoms with E-state index in [2.05, 4.69) is 4.74 Å². The Morgan fingerprint density at radius 2 is 1.88 bits per heavy atom. The molecule has 1 rings (SSSR count). The number of ether oxygens (including phenoxy) is 1. The number of carbonyl (C=O) groups is 2. The van der Waals surface area contributed by atoms with E-state index >= 15 is 0 Å². The van der Waals surface area contributed by atoms with Crippen LogP contribution in [0.15, 0.2) is 30.3 Å². The number of carbonyl (C=O) groups excluding carboxylic acids is 1. The van der Waals surface area contributed by atoms with Gasteiger partial charge in [0.2, 0.25) is 0 Å². The van der Waals surface area contributed by atoms with Gasteiger partial charge >= 0.3 is 17.7 Å². The summed E-state index contributed by atoms with van der Waals surface area (Å²) in [5, 5.41) is 17.5. The number of hydrogen-bond donors (Lipinski definition) is 3. The maximum absolute atomic E-state index is 11.1. The lowest BCUT2D eigenvalue weighted by Gasteiger charge is -2.15. The molecule has 6 heteroatoms. The predicted octanol–water partition coefficient (Wildman–Crippen LogP) is -0.538. The Kier molecular flexibility index (Phi) is 3.60. The highest BCUT2D eigenvalue weighted by Crippen LogP contribution is 2.05. The van der Waals surface area contributed by atoms with Gasteiger partial charge in [0.25, 0.3) is 0 Å². The largest absolute Gasteiger partial charge is 0.478 e. The van der Waals surface area contributed by atoms with Crippen molar-refractivity contribution in [2.75, 3.05) is 0 Å². The SMILES string of the molecule is NC(O)(C(=O)O)C(=O)OCc1ccccc1. The van der Waals surface area contributed by atoms with Crippen molar-refractivity contribution >= 4 is 11.9 Å². The molecule has 1 aromatic rings. The zero-order valence-corrected chi connectivity index (χ0v) is 8.29. The zero-order chi connectivity index (χ0) is 12.2. The van der Waals surface area contributed by atoms with Crippen molar-refractivity contribution in [2.45, 2.75) is 12.3 Å². The number of carboxylic acid groups (broad SMARTS) is 1. The molecule has 1 aromatic carbocycles. The Balaban J connectivity index is 2.57. The minimum atomic E-state index is -3.01. The molecule has 16 heavy (non-hydrogen) atoms. The minimum absolute atomic E-state index is 0.146. The van der Waals surface area contributed by atoms with E-state index in [0.717, 1.165) is 0 Å². The molecular formula is C10H11NO5. The Morgan fingerprint density at radius 3 is 2.38 bits per heavy atom. The van der Waals surface area contributed by atoms with Crippen molar-refractivity contribution in [3.63, 3.8) is 0 Å². The molecule has 0 fully saturated rings. The molecule has 0 bridgehead atoms. The summed E-state index contributed by atoms with van der Waals surface area (Å²) in [6.45, 7) is -0.146. The van der Waals surface area contributed by atoms with Crippen LogP contribution in [0.4, 0.5) is 0 Å². The number of benzene rings is 1. The summed E-state index contributed by atoms with van der Waals surface area (Å²) < 4.78 is 4.56. The lowest BCUT2D eigenvalue weighted by Crippen LogP contribution is -2.55. The maximum Gasteiger partial charge on any atom is 0.366 e. The molecule has 1 atom stereocenters. The van der Waals surface area contributed by atoms with E-state index in [1.54, 1.807) is 30.3 Å². The summed E-state index contributed by atoms with van der Waals surface area (Å²) in [5.74, 6) is -3.26. The monoisotopic (exact) mass is 225 g/mol.